The summed E-state index contributed by atoms with van der Waals surface area (Å²) < 4.78 is 55.9. The average Bonchev–Trinajstić information content (AvgIpc) is 3.26. The Morgan fingerprint density at radius 2 is 1.87 bits per heavy atom. The van der Waals surface area contributed by atoms with E-state index >= 15 is 0 Å². The molecule has 4 fully saturated rings. The molecule has 2 saturated carbocycles. The van der Waals surface area contributed by atoms with Gasteiger partial charge in [-0.25, -0.2) is 27.6 Å². The van der Waals surface area contributed by atoms with E-state index in [4.69, 9.17) is 14.2 Å². The maximum atomic E-state index is 14.6. The molecule has 4 aliphatic rings. The van der Waals surface area contributed by atoms with Gasteiger partial charge in [-0.05, 0) is 38.0 Å². The van der Waals surface area contributed by atoms with Crippen LogP contribution in [0.3, 0.4) is 0 Å². The molecule has 2 aliphatic carbocycles. The molecule has 5 atom stereocenters. The minimum Gasteiger partial charge on any atom is -0.474 e. The fraction of sp³-hybridized carbons (Fsp3) is 0.577. The van der Waals surface area contributed by atoms with Crippen molar-refractivity contribution in [3.05, 3.63) is 35.9 Å². The number of nitrogens with zero attached hydrogens (tertiary/aromatic N) is 3. The monoisotopic (exact) mass is 546 g/mol. The minimum absolute atomic E-state index is 0.0777. The third-order valence-electron chi connectivity index (χ3n) is 8.19. The van der Waals surface area contributed by atoms with Gasteiger partial charge in [0.15, 0.2) is 9.84 Å². The summed E-state index contributed by atoms with van der Waals surface area (Å²) in [6.45, 7) is 2.63. The van der Waals surface area contributed by atoms with Crippen molar-refractivity contribution in [1.82, 2.24) is 14.9 Å². The van der Waals surface area contributed by atoms with Gasteiger partial charge in [0, 0.05) is 30.9 Å². The van der Waals surface area contributed by atoms with Crippen LogP contribution in [-0.2, 0) is 19.3 Å². The number of ether oxygens (including phenoxy) is 3. The zero-order valence-corrected chi connectivity index (χ0v) is 22.1. The van der Waals surface area contributed by atoms with Gasteiger partial charge in [-0.15, -0.1) is 0 Å². The first-order valence-electron chi connectivity index (χ1n) is 13.0. The van der Waals surface area contributed by atoms with Gasteiger partial charge < -0.3 is 19.5 Å². The Kier molecular flexibility index (Phi) is 6.42. The SMILES string of the molecule is Cc1c(Nc2ccc(S(C)(=O)=O)cc2F)ncnc1OC1CC2COCC(C1)N2C(=O)OC1[C@H]2CCC[C@@H]12. The molecule has 10 nitrogen and oxygen atoms in total. The first kappa shape index (κ1) is 25.3. The van der Waals surface area contributed by atoms with Gasteiger partial charge in [0.1, 0.15) is 30.2 Å². The molecule has 1 N–H and O–H groups in total. The quantitative estimate of drug-likeness (QED) is 0.579. The minimum atomic E-state index is -3.52. The summed E-state index contributed by atoms with van der Waals surface area (Å²) in [5.74, 6) is 1.09. The fourth-order valence-corrected chi connectivity index (χ4v) is 6.79. The number of rotatable bonds is 6. The highest BCUT2D eigenvalue weighted by Crippen LogP contribution is 2.54. The van der Waals surface area contributed by atoms with Crippen LogP contribution >= 0.6 is 0 Å². The normalized spacial score (nSPS) is 29.9. The second-order valence-corrected chi connectivity index (χ2v) is 12.8. The summed E-state index contributed by atoms with van der Waals surface area (Å²) in [5, 5.41) is 2.91. The van der Waals surface area contributed by atoms with E-state index in [2.05, 4.69) is 15.3 Å². The highest BCUT2D eigenvalue weighted by molar-refractivity contribution is 7.90. The van der Waals surface area contributed by atoms with Gasteiger partial charge >= 0.3 is 6.09 Å². The van der Waals surface area contributed by atoms with Crippen LogP contribution in [0.4, 0.5) is 20.7 Å². The fourth-order valence-electron chi connectivity index (χ4n) is 6.16. The van der Waals surface area contributed by atoms with Crippen molar-refractivity contribution in [1.29, 1.82) is 0 Å². The number of sulfone groups is 1. The number of piperidine rings is 1. The van der Waals surface area contributed by atoms with Gasteiger partial charge in [-0.2, -0.15) is 0 Å². The van der Waals surface area contributed by atoms with Crippen LogP contribution in [0.15, 0.2) is 29.4 Å². The molecule has 2 bridgehead atoms. The lowest BCUT2D eigenvalue weighted by atomic mass is 9.92. The third kappa shape index (κ3) is 4.79. The third-order valence-corrected chi connectivity index (χ3v) is 9.30. The second-order valence-electron chi connectivity index (χ2n) is 10.8. The summed E-state index contributed by atoms with van der Waals surface area (Å²) in [4.78, 5) is 23.3. The van der Waals surface area contributed by atoms with Crippen molar-refractivity contribution in [2.24, 2.45) is 11.8 Å². The number of carbonyl (C=O) groups is 1. The number of carbonyl (C=O) groups excluding carboxylic acids is 1. The zero-order chi connectivity index (χ0) is 26.6. The van der Waals surface area contributed by atoms with E-state index in [9.17, 15) is 17.6 Å². The van der Waals surface area contributed by atoms with Crippen molar-refractivity contribution in [2.45, 2.75) is 68.2 Å². The first-order chi connectivity index (χ1) is 18.2. The summed E-state index contributed by atoms with van der Waals surface area (Å²) in [6, 6.07) is 3.39. The summed E-state index contributed by atoms with van der Waals surface area (Å²) in [6.07, 6.45) is 6.71. The molecule has 0 radical (unpaired) electrons. The standard InChI is InChI=1S/C26H31FN4O6S/c1-14-24(30-22-7-6-18(10-21(22)27)38(2,33)34)28-13-29-25(14)36-17-8-15-11-35-12-16(9-17)31(15)26(32)37-23-19-4-3-5-20(19)23/h6-7,10,13,15-17,19-20,23H,3-5,8-9,11-12H2,1-2H3,(H,28,29,30)/t15?,16?,17?,19-,20+,23?. The number of benzene rings is 1. The van der Waals surface area contributed by atoms with Crippen LogP contribution in [0.5, 0.6) is 5.88 Å². The molecule has 1 aromatic carbocycles. The van der Waals surface area contributed by atoms with Crippen LogP contribution in [0, 0.1) is 24.6 Å². The molecule has 3 unspecified atom stereocenters. The lowest BCUT2D eigenvalue weighted by Gasteiger charge is -2.47. The number of hydrogen-bond donors (Lipinski definition) is 1. The molecule has 2 aliphatic heterocycles. The first-order valence-corrected chi connectivity index (χ1v) is 14.9. The molecule has 204 valence electrons. The van der Waals surface area contributed by atoms with Crippen molar-refractivity contribution in [3.8, 4) is 5.88 Å². The number of amides is 1. The molecule has 2 aromatic rings. The van der Waals surface area contributed by atoms with Gasteiger partial charge in [0.25, 0.3) is 0 Å². The number of fused-ring (bicyclic) bond motifs is 3. The predicted octanol–water partition coefficient (Wildman–Crippen LogP) is 3.62. The molecule has 6 rings (SSSR count). The Bertz CT molecular complexity index is 1330. The molecular formula is C26H31FN4O6S. The summed E-state index contributed by atoms with van der Waals surface area (Å²) in [5.41, 5.74) is 0.672. The number of morpholine rings is 1. The number of hydrogen-bond acceptors (Lipinski definition) is 9. The Balaban J connectivity index is 1.12. The molecule has 1 aromatic heterocycles. The van der Waals surface area contributed by atoms with Crippen LogP contribution < -0.4 is 10.1 Å². The van der Waals surface area contributed by atoms with Gasteiger partial charge in [0.2, 0.25) is 5.88 Å². The highest BCUT2D eigenvalue weighted by atomic mass is 32.2. The van der Waals surface area contributed by atoms with E-state index in [1.54, 1.807) is 6.92 Å². The van der Waals surface area contributed by atoms with E-state index in [-0.39, 0.29) is 41.0 Å². The van der Waals surface area contributed by atoms with E-state index in [1.807, 2.05) is 4.90 Å². The van der Waals surface area contributed by atoms with Gasteiger partial charge in [0.05, 0.1) is 41.4 Å². The average molecular weight is 547 g/mol. The zero-order valence-electron chi connectivity index (χ0n) is 21.3. The molecule has 1 amide bonds. The molecule has 38 heavy (non-hydrogen) atoms. The van der Waals surface area contributed by atoms with Crippen LogP contribution in [-0.4, -0.2) is 73.1 Å². The molecule has 2 saturated heterocycles. The highest BCUT2D eigenvalue weighted by Gasteiger charge is 2.56. The number of anilines is 2. The molecule has 12 heteroatoms. The van der Waals surface area contributed by atoms with E-state index < -0.39 is 15.7 Å². The Morgan fingerprint density at radius 1 is 1.16 bits per heavy atom. The largest absolute Gasteiger partial charge is 0.474 e. The van der Waals surface area contributed by atoms with E-state index in [0.29, 0.717) is 55.2 Å². The van der Waals surface area contributed by atoms with E-state index in [0.717, 1.165) is 25.2 Å². The number of nitrogens with one attached hydrogen (secondary N) is 1. The number of halogens is 1. The second kappa shape index (κ2) is 9.64. The van der Waals surface area contributed by atoms with Crippen LogP contribution in [0.25, 0.3) is 0 Å². The molecule has 0 spiro atoms. The van der Waals surface area contributed by atoms with E-state index in [1.165, 1.54) is 24.9 Å². The Hall–Kier alpha value is -2.99. The van der Waals surface area contributed by atoms with Crippen molar-refractivity contribution in [3.63, 3.8) is 0 Å². The Morgan fingerprint density at radius 3 is 2.53 bits per heavy atom. The van der Waals surface area contributed by atoms with Crippen molar-refractivity contribution < 1.29 is 31.8 Å². The maximum absolute atomic E-state index is 14.6. The van der Waals surface area contributed by atoms with Gasteiger partial charge in [-0.3, -0.25) is 4.90 Å². The van der Waals surface area contributed by atoms with Gasteiger partial charge in [-0.1, -0.05) is 6.42 Å². The summed E-state index contributed by atoms with van der Waals surface area (Å²) in [7, 11) is -3.52. The smallest absolute Gasteiger partial charge is 0.410 e. The Labute approximate surface area is 220 Å². The lowest BCUT2D eigenvalue weighted by Crippen LogP contribution is -2.61. The maximum Gasteiger partial charge on any atom is 0.410 e. The summed E-state index contributed by atoms with van der Waals surface area (Å²) >= 11 is 0. The van der Waals surface area contributed by atoms with Crippen LogP contribution in [0.2, 0.25) is 0 Å². The lowest BCUT2D eigenvalue weighted by molar-refractivity contribution is -0.0924. The van der Waals surface area contributed by atoms with Crippen molar-refractivity contribution in [2.75, 3.05) is 24.8 Å². The topological polar surface area (TPSA) is 120 Å². The van der Waals surface area contributed by atoms with Crippen LogP contribution in [0.1, 0.15) is 37.7 Å². The number of aromatic nitrogens is 2. The van der Waals surface area contributed by atoms with Crippen molar-refractivity contribution >= 4 is 27.4 Å². The molecular weight excluding hydrogens is 515 g/mol. The predicted molar refractivity (Wildman–Crippen MR) is 135 cm³/mol. The molecule has 3 heterocycles.